The third-order valence-corrected chi connectivity index (χ3v) is 1.98. The van der Waals surface area contributed by atoms with Gasteiger partial charge in [-0.3, -0.25) is 0 Å². The van der Waals surface area contributed by atoms with Gasteiger partial charge in [0.1, 0.15) is 0 Å². The third kappa shape index (κ3) is 0.863. The second-order valence-electron chi connectivity index (χ2n) is 2.68. The minimum atomic E-state index is 0.234. The maximum atomic E-state index is 9.40. The van der Waals surface area contributed by atoms with E-state index in [4.69, 9.17) is 0 Å². The SMILES string of the molecule is CCc1ccc(O)c2nccn12. The lowest BCUT2D eigenvalue weighted by Crippen LogP contribution is -1.93. The van der Waals surface area contributed by atoms with Gasteiger partial charge in [0.25, 0.3) is 0 Å². The van der Waals surface area contributed by atoms with Crippen LogP contribution in [0.1, 0.15) is 12.6 Å². The molecule has 3 heteroatoms. The van der Waals surface area contributed by atoms with Crippen molar-refractivity contribution in [2.45, 2.75) is 13.3 Å². The normalized spacial score (nSPS) is 10.8. The fraction of sp³-hybridized carbons (Fsp3) is 0.222. The van der Waals surface area contributed by atoms with Crippen molar-refractivity contribution in [3.8, 4) is 5.75 Å². The number of pyridine rings is 1. The first-order valence-corrected chi connectivity index (χ1v) is 3.97. The van der Waals surface area contributed by atoms with Crippen molar-refractivity contribution in [3.05, 3.63) is 30.2 Å². The highest BCUT2D eigenvalue weighted by molar-refractivity contribution is 5.53. The van der Waals surface area contributed by atoms with Gasteiger partial charge in [0.2, 0.25) is 0 Å². The summed E-state index contributed by atoms with van der Waals surface area (Å²) in [7, 11) is 0. The van der Waals surface area contributed by atoms with E-state index in [1.807, 2.05) is 16.7 Å². The molecule has 2 heterocycles. The first-order valence-electron chi connectivity index (χ1n) is 3.97. The van der Waals surface area contributed by atoms with Crippen LogP contribution in [0, 0.1) is 0 Å². The van der Waals surface area contributed by atoms with Crippen molar-refractivity contribution in [3.63, 3.8) is 0 Å². The zero-order chi connectivity index (χ0) is 8.55. The molecule has 0 unspecified atom stereocenters. The van der Waals surface area contributed by atoms with Crippen LogP contribution in [-0.4, -0.2) is 14.5 Å². The van der Waals surface area contributed by atoms with Gasteiger partial charge in [0.15, 0.2) is 11.4 Å². The van der Waals surface area contributed by atoms with Crippen molar-refractivity contribution >= 4 is 5.65 Å². The second kappa shape index (κ2) is 2.52. The molecule has 0 aliphatic rings. The van der Waals surface area contributed by atoms with Crippen LogP contribution in [0.25, 0.3) is 5.65 Å². The van der Waals surface area contributed by atoms with Crippen LogP contribution in [0.2, 0.25) is 0 Å². The Bertz CT molecular complexity index is 406. The lowest BCUT2D eigenvalue weighted by molar-refractivity contribution is 0.477. The van der Waals surface area contributed by atoms with Gasteiger partial charge in [0, 0.05) is 18.1 Å². The highest BCUT2D eigenvalue weighted by Gasteiger charge is 2.02. The minimum Gasteiger partial charge on any atom is -0.504 e. The van der Waals surface area contributed by atoms with E-state index in [0.717, 1.165) is 12.1 Å². The van der Waals surface area contributed by atoms with Gasteiger partial charge in [-0.1, -0.05) is 6.92 Å². The topological polar surface area (TPSA) is 37.5 Å². The predicted molar refractivity (Wildman–Crippen MR) is 46.2 cm³/mol. The first-order chi connectivity index (χ1) is 5.83. The van der Waals surface area contributed by atoms with E-state index in [2.05, 4.69) is 11.9 Å². The molecule has 0 atom stereocenters. The van der Waals surface area contributed by atoms with Gasteiger partial charge in [0.05, 0.1) is 0 Å². The van der Waals surface area contributed by atoms with Crippen LogP contribution in [-0.2, 0) is 6.42 Å². The summed E-state index contributed by atoms with van der Waals surface area (Å²) in [5.41, 5.74) is 1.79. The van der Waals surface area contributed by atoms with Crippen molar-refractivity contribution in [1.82, 2.24) is 9.38 Å². The van der Waals surface area contributed by atoms with Crippen LogP contribution >= 0.6 is 0 Å². The van der Waals surface area contributed by atoms with Crippen molar-refractivity contribution < 1.29 is 5.11 Å². The van der Waals surface area contributed by atoms with Crippen LogP contribution in [0.15, 0.2) is 24.5 Å². The standard InChI is InChI=1S/C9H10N2O/c1-2-7-3-4-8(12)9-10-5-6-11(7)9/h3-6,12H,2H2,1H3. The Morgan fingerprint density at radius 2 is 2.33 bits per heavy atom. The Morgan fingerprint density at radius 1 is 1.50 bits per heavy atom. The van der Waals surface area contributed by atoms with E-state index < -0.39 is 0 Å². The summed E-state index contributed by atoms with van der Waals surface area (Å²) in [5.74, 6) is 0.234. The largest absolute Gasteiger partial charge is 0.504 e. The summed E-state index contributed by atoms with van der Waals surface area (Å²) < 4.78 is 1.90. The summed E-state index contributed by atoms with van der Waals surface area (Å²) in [6, 6.07) is 3.59. The van der Waals surface area contributed by atoms with Crippen LogP contribution in [0.3, 0.4) is 0 Å². The smallest absolute Gasteiger partial charge is 0.179 e. The summed E-state index contributed by atoms with van der Waals surface area (Å²) in [6.45, 7) is 2.08. The highest BCUT2D eigenvalue weighted by atomic mass is 16.3. The molecule has 0 amide bonds. The Morgan fingerprint density at radius 3 is 3.08 bits per heavy atom. The molecule has 0 fully saturated rings. The molecule has 12 heavy (non-hydrogen) atoms. The Hall–Kier alpha value is -1.51. The van der Waals surface area contributed by atoms with E-state index in [9.17, 15) is 5.11 Å². The monoisotopic (exact) mass is 162 g/mol. The quantitative estimate of drug-likeness (QED) is 0.691. The number of aryl methyl sites for hydroxylation is 1. The van der Waals surface area contributed by atoms with Gasteiger partial charge >= 0.3 is 0 Å². The number of aromatic hydroxyl groups is 1. The van der Waals surface area contributed by atoms with Crippen molar-refractivity contribution in [1.29, 1.82) is 0 Å². The summed E-state index contributed by atoms with van der Waals surface area (Å²) in [6.07, 6.45) is 4.48. The number of rotatable bonds is 1. The minimum absolute atomic E-state index is 0.234. The van der Waals surface area contributed by atoms with E-state index in [-0.39, 0.29) is 5.75 Å². The molecule has 0 saturated carbocycles. The van der Waals surface area contributed by atoms with Crippen LogP contribution < -0.4 is 0 Å². The fourth-order valence-electron chi connectivity index (χ4n) is 1.34. The number of nitrogens with zero attached hydrogens (tertiary/aromatic N) is 2. The molecule has 0 spiro atoms. The molecule has 0 aliphatic heterocycles. The van der Waals surface area contributed by atoms with Crippen molar-refractivity contribution in [2.75, 3.05) is 0 Å². The van der Waals surface area contributed by atoms with Gasteiger partial charge in [-0.15, -0.1) is 0 Å². The molecule has 0 radical (unpaired) electrons. The maximum absolute atomic E-state index is 9.40. The van der Waals surface area contributed by atoms with Crippen molar-refractivity contribution in [2.24, 2.45) is 0 Å². The molecule has 1 N–H and O–H groups in total. The molecule has 62 valence electrons. The maximum Gasteiger partial charge on any atom is 0.179 e. The molecule has 0 aromatic carbocycles. The fourth-order valence-corrected chi connectivity index (χ4v) is 1.34. The lowest BCUT2D eigenvalue weighted by Gasteiger charge is -2.02. The average Bonchev–Trinajstić information content (AvgIpc) is 2.54. The first kappa shape index (κ1) is 7.16. The number of imidazole rings is 1. The molecule has 0 saturated heterocycles. The zero-order valence-electron chi connectivity index (χ0n) is 6.86. The van der Waals surface area contributed by atoms with Crippen LogP contribution in [0.5, 0.6) is 5.75 Å². The summed E-state index contributed by atoms with van der Waals surface area (Å²) in [5, 5.41) is 9.40. The molecule has 3 nitrogen and oxygen atoms in total. The molecule has 2 aromatic rings. The Labute approximate surface area is 70.3 Å². The van der Waals surface area contributed by atoms with Crippen LogP contribution in [0.4, 0.5) is 0 Å². The lowest BCUT2D eigenvalue weighted by atomic mass is 10.3. The number of hydrogen-bond donors (Lipinski definition) is 1. The number of fused-ring (bicyclic) bond motifs is 1. The van der Waals surface area contributed by atoms with Gasteiger partial charge in [-0.25, -0.2) is 4.98 Å². The van der Waals surface area contributed by atoms with E-state index >= 15 is 0 Å². The Balaban J connectivity index is 2.82. The average molecular weight is 162 g/mol. The molecule has 2 rings (SSSR count). The predicted octanol–water partition coefficient (Wildman–Crippen LogP) is 1.60. The summed E-state index contributed by atoms with van der Waals surface area (Å²) >= 11 is 0. The Kier molecular flexibility index (Phi) is 1.50. The van der Waals surface area contributed by atoms with Gasteiger partial charge in [-0.05, 0) is 18.6 Å². The summed E-state index contributed by atoms with van der Waals surface area (Å²) in [4.78, 5) is 4.04. The van der Waals surface area contributed by atoms with E-state index in [1.54, 1.807) is 12.3 Å². The number of aromatic nitrogens is 2. The molecule has 2 aromatic heterocycles. The van der Waals surface area contributed by atoms with E-state index in [0.29, 0.717) is 5.65 Å². The zero-order valence-corrected chi connectivity index (χ0v) is 6.86. The molecule has 0 aliphatic carbocycles. The second-order valence-corrected chi connectivity index (χ2v) is 2.68. The highest BCUT2D eigenvalue weighted by Crippen LogP contribution is 2.17. The number of hydrogen-bond acceptors (Lipinski definition) is 2. The van der Waals surface area contributed by atoms with E-state index in [1.165, 1.54) is 0 Å². The van der Waals surface area contributed by atoms with Gasteiger partial charge in [-0.2, -0.15) is 0 Å². The van der Waals surface area contributed by atoms with Gasteiger partial charge < -0.3 is 9.51 Å². The molecule has 0 bridgehead atoms. The third-order valence-electron chi connectivity index (χ3n) is 1.98. The molecular formula is C9H10N2O. The molecular weight excluding hydrogens is 152 g/mol.